The summed E-state index contributed by atoms with van der Waals surface area (Å²) in [6, 6.07) is 0. The van der Waals surface area contributed by atoms with Gasteiger partial charge in [-0.1, -0.05) is 54.7 Å². The van der Waals surface area contributed by atoms with Crippen molar-refractivity contribution in [2.45, 2.75) is 160 Å². The molecule has 0 rings (SSSR count). The number of esters is 7. The summed E-state index contributed by atoms with van der Waals surface area (Å²) in [5.74, 6) is -4.59. The molecule has 0 fully saturated rings. The molecule has 0 bridgehead atoms. The first-order valence-electron chi connectivity index (χ1n) is 25.0. The van der Waals surface area contributed by atoms with Gasteiger partial charge in [-0.2, -0.15) is 0 Å². The maximum atomic E-state index is 11.9. The van der Waals surface area contributed by atoms with E-state index in [4.69, 9.17) is 33.2 Å². The second-order valence-corrected chi connectivity index (χ2v) is 16.0. The monoisotopic (exact) mass is 1080 g/mol. The third-order valence-corrected chi connectivity index (χ3v) is 8.69. The molecule has 0 saturated carbocycles. The van der Waals surface area contributed by atoms with Gasteiger partial charge in [0.2, 0.25) is 0 Å². The highest BCUT2D eigenvalue weighted by atomic mass is 16.6. The van der Waals surface area contributed by atoms with Crippen LogP contribution in [0.4, 0.5) is 0 Å². The summed E-state index contributed by atoms with van der Waals surface area (Å²) in [5, 5.41) is 0. The number of allylic oxidation sites excluding steroid dienone is 1. The standard InChI is InChI=1S/C23H36O10.C9H12O4.C7H10O3.3C5H12O.CH4/c1-5-30-22(28)15-18(17(4)25)8-10-20(26)32-12-7-13-33-21(27)11-9-19(14-16(3)24)23(29)31-6-2;1-3-8(10)12-6-5-7-13-9(11)4-2;1-3-10-7(9)5-4-6(2)8;1-5(2)4-6-3;1-4-5(2)6-3;1-3-4-5-6-2;/h18-19H,5-15H2,1-4H3;3-4H,1-2,5-7H2;4-5H,3H2,1-2H3;2*5H,4H2,1-3H3;3-5H2,1-2H3;1H4/b;;5-4+;;;;. The van der Waals surface area contributed by atoms with Crippen LogP contribution in [0.15, 0.2) is 37.5 Å². The third kappa shape index (κ3) is 72.7. The van der Waals surface area contributed by atoms with E-state index in [1.807, 2.05) is 0 Å². The maximum Gasteiger partial charge on any atom is 0.330 e. The van der Waals surface area contributed by atoms with Crippen LogP contribution in [0.5, 0.6) is 0 Å². The fourth-order valence-electron chi connectivity index (χ4n) is 4.63. The van der Waals surface area contributed by atoms with Gasteiger partial charge in [0.1, 0.15) is 11.6 Å². The van der Waals surface area contributed by atoms with Gasteiger partial charge in [0.25, 0.3) is 0 Å². The Hall–Kier alpha value is -5.60. The molecule has 0 aromatic carbocycles. The summed E-state index contributed by atoms with van der Waals surface area (Å²) in [5.41, 5.74) is 0. The van der Waals surface area contributed by atoms with Gasteiger partial charge < -0.3 is 52.2 Å². The van der Waals surface area contributed by atoms with Gasteiger partial charge in [-0.25, -0.2) is 14.4 Å². The average Bonchev–Trinajstić information content (AvgIpc) is 3.35. The van der Waals surface area contributed by atoms with Crippen LogP contribution in [0.3, 0.4) is 0 Å². The Kier molecular flexibility index (Phi) is 69.7. The first-order chi connectivity index (χ1) is 35.0. The molecule has 3 unspecified atom stereocenters. The van der Waals surface area contributed by atoms with E-state index in [0.717, 1.165) is 37.9 Å². The number of hydrogen-bond acceptors (Lipinski definition) is 20. The first kappa shape index (κ1) is 83.4. The number of carbonyl (C=O) groups excluding carboxylic acids is 10. The van der Waals surface area contributed by atoms with Crippen molar-refractivity contribution >= 4 is 59.1 Å². The molecule has 0 aromatic rings. The minimum absolute atomic E-state index is 0. The normalized spacial score (nSPS) is 10.9. The van der Waals surface area contributed by atoms with Crippen molar-refractivity contribution in [2.24, 2.45) is 17.8 Å². The fraction of sp³-hybridized carbons (Fsp3) is 0.709. The third-order valence-electron chi connectivity index (χ3n) is 8.69. The Morgan fingerprint density at radius 3 is 1.28 bits per heavy atom. The van der Waals surface area contributed by atoms with Crippen molar-refractivity contribution in [2.75, 3.05) is 80.8 Å². The molecule has 75 heavy (non-hydrogen) atoms. The van der Waals surface area contributed by atoms with E-state index in [2.05, 4.69) is 62.0 Å². The lowest BCUT2D eigenvalue weighted by atomic mass is 9.95. The topological polar surface area (TPSA) is 263 Å². The number of ketones is 3. The second kappa shape index (κ2) is 62.7. The van der Waals surface area contributed by atoms with Crippen LogP contribution in [0.1, 0.15) is 154 Å². The average molecular weight is 1080 g/mol. The largest absolute Gasteiger partial charge is 0.466 e. The number of methoxy groups -OCH3 is 3. The molecule has 0 spiro atoms. The van der Waals surface area contributed by atoms with Gasteiger partial charge in [0.05, 0.1) is 64.7 Å². The Morgan fingerprint density at radius 1 is 0.507 bits per heavy atom. The summed E-state index contributed by atoms with van der Waals surface area (Å²) in [4.78, 5) is 112. The Labute approximate surface area is 449 Å². The van der Waals surface area contributed by atoms with E-state index in [0.29, 0.717) is 25.0 Å². The molecule has 3 atom stereocenters. The Morgan fingerprint density at radius 2 is 0.973 bits per heavy atom. The Balaban J connectivity index is -0.000000178. The van der Waals surface area contributed by atoms with Gasteiger partial charge in [0.15, 0.2) is 5.78 Å². The SMILES string of the molecule is C.C=CC(=O)OCCCOC(=O)C=C.CCC(C)OC.CCCCOC.CCOC(=O)/C=C/C(C)=O.CCOC(=O)CC(CCC(=O)OCCCOC(=O)CCC(CC(C)=O)C(=O)OCC)C(C)=O.COCC(C)C. The van der Waals surface area contributed by atoms with Crippen molar-refractivity contribution in [3.63, 3.8) is 0 Å². The van der Waals surface area contributed by atoms with E-state index in [1.54, 1.807) is 42.1 Å². The number of ether oxygens (including phenoxy) is 10. The second-order valence-electron chi connectivity index (χ2n) is 16.0. The van der Waals surface area contributed by atoms with Gasteiger partial charge in [-0.05, 0) is 86.1 Å². The smallest absolute Gasteiger partial charge is 0.330 e. The van der Waals surface area contributed by atoms with Crippen LogP contribution in [-0.2, 0) is 95.3 Å². The zero-order valence-corrected chi connectivity index (χ0v) is 47.3. The highest BCUT2D eigenvalue weighted by Crippen LogP contribution is 2.16. The zero-order valence-electron chi connectivity index (χ0n) is 47.3. The lowest BCUT2D eigenvalue weighted by molar-refractivity contribution is -0.151. The van der Waals surface area contributed by atoms with E-state index < -0.39 is 53.6 Å². The molecule has 0 aliphatic rings. The van der Waals surface area contributed by atoms with Crippen molar-refractivity contribution in [1.82, 2.24) is 0 Å². The molecule has 0 aromatic heterocycles. The predicted molar refractivity (Wildman–Crippen MR) is 286 cm³/mol. The molecule has 0 amide bonds. The summed E-state index contributed by atoms with van der Waals surface area (Å²) in [7, 11) is 5.18. The molecular formula is C55H98O20. The zero-order chi connectivity index (χ0) is 58.1. The van der Waals surface area contributed by atoms with Crippen LogP contribution in [0.2, 0.25) is 0 Å². The van der Waals surface area contributed by atoms with Crippen molar-refractivity contribution < 1.29 is 95.3 Å². The lowest BCUT2D eigenvalue weighted by Crippen LogP contribution is -2.22. The number of rotatable bonds is 34. The molecule has 20 heteroatoms. The van der Waals surface area contributed by atoms with Crippen LogP contribution >= 0.6 is 0 Å². The van der Waals surface area contributed by atoms with E-state index >= 15 is 0 Å². The first-order valence-corrected chi connectivity index (χ1v) is 25.0. The van der Waals surface area contributed by atoms with E-state index in [9.17, 15) is 47.9 Å². The summed E-state index contributed by atoms with van der Waals surface area (Å²) in [6.07, 6.45) is 9.38. The molecule has 0 aliphatic heterocycles. The molecule has 438 valence electrons. The molecule has 0 saturated heterocycles. The lowest BCUT2D eigenvalue weighted by Gasteiger charge is -2.14. The molecule has 0 heterocycles. The number of unbranched alkanes of at least 4 members (excludes halogenated alkanes) is 1. The molecule has 0 aliphatic carbocycles. The molecule has 0 radical (unpaired) electrons. The molecule has 20 nitrogen and oxygen atoms in total. The van der Waals surface area contributed by atoms with Crippen molar-refractivity contribution in [1.29, 1.82) is 0 Å². The molecular weight excluding hydrogens is 981 g/mol. The number of hydrogen-bond donors (Lipinski definition) is 0. The maximum absolute atomic E-state index is 11.9. The minimum atomic E-state index is -0.682. The van der Waals surface area contributed by atoms with Crippen LogP contribution in [0.25, 0.3) is 0 Å². The van der Waals surface area contributed by atoms with Crippen molar-refractivity contribution in [3.8, 4) is 0 Å². The Bertz CT molecular complexity index is 1520. The quantitative estimate of drug-likeness (QED) is 0.0252. The van der Waals surface area contributed by atoms with Gasteiger partial charge in [-0.3, -0.25) is 28.8 Å². The summed E-state index contributed by atoms with van der Waals surface area (Å²) >= 11 is 0. The number of carbonyl (C=O) groups is 10. The van der Waals surface area contributed by atoms with Gasteiger partial charge >= 0.3 is 41.8 Å². The predicted octanol–water partition coefficient (Wildman–Crippen LogP) is 8.66. The van der Waals surface area contributed by atoms with E-state index in [-0.39, 0.29) is 109 Å². The van der Waals surface area contributed by atoms with Gasteiger partial charge in [0, 0.05) is 90.8 Å². The van der Waals surface area contributed by atoms with Crippen molar-refractivity contribution in [3.05, 3.63) is 37.5 Å². The van der Waals surface area contributed by atoms with Gasteiger partial charge in [-0.15, -0.1) is 0 Å². The molecule has 0 N–H and O–H groups in total. The number of Topliss-reactive ketones (excluding diaryl/α,β-unsaturated/α-hetero) is 2. The fourth-order valence-corrected chi connectivity index (χ4v) is 4.63. The summed E-state index contributed by atoms with van der Waals surface area (Å²) in [6.45, 7) is 29.2. The van der Waals surface area contributed by atoms with E-state index in [1.165, 1.54) is 39.7 Å². The van der Waals surface area contributed by atoms with Crippen LogP contribution < -0.4 is 0 Å². The highest BCUT2D eigenvalue weighted by Gasteiger charge is 2.23. The highest BCUT2D eigenvalue weighted by molar-refractivity contribution is 5.94. The van der Waals surface area contributed by atoms with Crippen LogP contribution in [0, 0.1) is 17.8 Å². The minimum Gasteiger partial charge on any atom is -0.466 e. The van der Waals surface area contributed by atoms with Crippen LogP contribution in [-0.4, -0.2) is 146 Å². The summed E-state index contributed by atoms with van der Waals surface area (Å²) < 4.78 is 48.1.